The molecule has 2 unspecified atom stereocenters. The van der Waals surface area contributed by atoms with Gasteiger partial charge in [0.05, 0.1) is 6.61 Å². The Hall–Kier alpha value is -0.0800. The van der Waals surface area contributed by atoms with Gasteiger partial charge in [-0.3, -0.25) is 0 Å². The third-order valence-electron chi connectivity index (χ3n) is 3.70. The fourth-order valence-electron chi connectivity index (χ4n) is 2.55. The molecule has 0 saturated heterocycles. The van der Waals surface area contributed by atoms with Crippen LogP contribution in [-0.2, 0) is 4.74 Å². The molecule has 1 saturated carbocycles. The van der Waals surface area contributed by atoms with Crippen molar-refractivity contribution in [1.29, 1.82) is 0 Å². The number of rotatable bonds is 6. The fraction of sp³-hybridized carbons (Fsp3) is 1.00. The summed E-state index contributed by atoms with van der Waals surface area (Å²) in [5.74, 6) is 1.92. The summed E-state index contributed by atoms with van der Waals surface area (Å²) in [5, 5.41) is 3.49. The Morgan fingerprint density at radius 3 is 2.60 bits per heavy atom. The molecular formula is C13H27NO. The molecule has 2 nitrogen and oxygen atoms in total. The zero-order chi connectivity index (χ0) is 10.9. The third kappa shape index (κ3) is 5.53. The normalized spacial score (nSPS) is 27.6. The molecule has 1 rings (SSSR count). The first-order valence-corrected chi connectivity index (χ1v) is 6.56. The second-order valence-electron chi connectivity index (χ2n) is 4.85. The van der Waals surface area contributed by atoms with Gasteiger partial charge in [-0.25, -0.2) is 0 Å². The van der Waals surface area contributed by atoms with Crippen LogP contribution in [0.4, 0.5) is 0 Å². The Balaban J connectivity index is 2.08. The zero-order valence-corrected chi connectivity index (χ0v) is 10.4. The van der Waals surface area contributed by atoms with Gasteiger partial charge in [-0.1, -0.05) is 32.6 Å². The average Bonchev–Trinajstić information content (AvgIpc) is 2.49. The van der Waals surface area contributed by atoms with E-state index in [4.69, 9.17) is 4.74 Å². The van der Waals surface area contributed by atoms with E-state index in [2.05, 4.69) is 12.2 Å². The van der Waals surface area contributed by atoms with Crippen molar-refractivity contribution in [3.05, 3.63) is 0 Å². The molecule has 0 amide bonds. The molecule has 90 valence electrons. The number of ether oxygens (including phenoxy) is 1. The molecule has 2 heteroatoms. The van der Waals surface area contributed by atoms with Crippen LogP contribution in [0.15, 0.2) is 0 Å². The molecule has 0 aromatic heterocycles. The van der Waals surface area contributed by atoms with E-state index in [9.17, 15) is 0 Å². The number of hydrogen-bond acceptors (Lipinski definition) is 2. The minimum atomic E-state index is 0.838. The van der Waals surface area contributed by atoms with Crippen molar-refractivity contribution in [3.8, 4) is 0 Å². The molecule has 2 atom stereocenters. The van der Waals surface area contributed by atoms with Crippen LogP contribution in [0.5, 0.6) is 0 Å². The van der Waals surface area contributed by atoms with Crippen molar-refractivity contribution in [2.75, 3.05) is 26.8 Å². The summed E-state index contributed by atoms with van der Waals surface area (Å²) in [6, 6.07) is 0. The van der Waals surface area contributed by atoms with E-state index in [-0.39, 0.29) is 0 Å². The maximum Gasteiger partial charge on any atom is 0.0587 e. The molecule has 0 aliphatic heterocycles. The Morgan fingerprint density at radius 2 is 1.87 bits per heavy atom. The smallest absolute Gasteiger partial charge is 0.0587 e. The van der Waals surface area contributed by atoms with Crippen molar-refractivity contribution < 1.29 is 4.74 Å². The molecule has 0 aromatic carbocycles. The first-order valence-electron chi connectivity index (χ1n) is 6.56. The standard InChI is InChI=1S/C13H27NO/c1-3-12-5-4-6-13(8-7-12)11-14-9-10-15-2/h12-14H,3-11H2,1-2H3. The van der Waals surface area contributed by atoms with Gasteiger partial charge in [-0.15, -0.1) is 0 Å². The van der Waals surface area contributed by atoms with E-state index < -0.39 is 0 Å². The predicted octanol–water partition coefficient (Wildman–Crippen LogP) is 2.83. The van der Waals surface area contributed by atoms with Crippen molar-refractivity contribution in [2.45, 2.75) is 45.4 Å². The van der Waals surface area contributed by atoms with Crippen LogP contribution in [0.1, 0.15) is 45.4 Å². The summed E-state index contributed by atoms with van der Waals surface area (Å²) in [7, 11) is 1.76. The molecule has 0 radical (unpaired) electrons. The third-order valence-corrected chi connectivity index (χ3v) is 3.70. The van der Waals surface area contributed by atoms with Gasteiger partial charge in [0.25, 0.3) is 0 Å². The topological polar surface area (TPSA) is 21.3 Å². The Morgan fingerprint density at radius 1 is 1.13 bits per heavy atom. The fourth-order valence-corrected chi connectivity index (χ4v) is 2.55. The summed E-state index contributed by atoms with van der Waals surface area (Å²) in [5.41, 5.74) is 0. The maximum absolute atomic E-state index is 5.03. The summed E-state index contributed by atoms with van der Waals surface area (Å²) < 4.78 is 5.03. The molecule has 1 aliphatic rings. The molecule has 1 N–H and O–H groups in total. The van der Waals surface area contributed by atoms with Crippen molar-refractivity contribution in [1.82, 2.24) is 5.32 Å². The lowest BCUT2D eigenvalue weighted by molar-refractivity contribution is 0.197. The Kier molecular flexibility index (Phi) is 7.03. The molecule has 0 aromatic rings. The van der Waals surface area contributed by atoms with Crippen LogP contribution in [-0.4, -0.2) is 26.8 Å². The predicted molar refractivity (Wildman–Crippen MR) is 65.1 cm³/mol. The van der Waals surface area contributed by atoms with Gasteiger partial charge in [0.1, 0.15) is 0 Å². The van der Waals surface area contributed by atoms with Crippen molar-refractivity contribution >= 4 is 0 Å². The van der Waals surface area contributed by atoms with Gasteiger partial charge in [-0.2, -0.15) is 0 Å². The summed E-state index contributed by atoms with van der Waals surface area (Å²) >= 11 is 0. The molecule has 0 bridgehead atoms. The van der Waals surface area contributed by atoms with E-state index >= 15 is 0 Å². The van der Waals surface area contributed by atoms with Crippen LogP contribution < -0.4 is 5.32 Å². The van der Waals surface area contributed by atoms with E-state index in [1.165, 1.54) is 45.1 Å². The highest BCUT2D eigenvalue weighted by atomic mass is 16.5. The average molecular weight is 213 g/mol. The lowest BCUT2D eigenvalue weighted by Crippen LogP contribution is -2.25. The first-order chi connectivity index (χ1) is 7.36. The van der Waals surface area contributed by atoms with E-state index in [0.717, 1.165) is 25.0 Å². The van der Waals surface area contributed by atoms with Gasteiger partial charge in [-0.05, 0) is 31.2 Å². The highest BCUT2D eigenvalue weighted by molar-refractivity contribution is 4.71. The quantitative estimate of drug-likeness (QED) is 0.541. The highest BCUT2D eigenvalue weighted by Gasteiger charge is 2.17. The summed E-state index contributed by atoms with van der Waals surface area (Å²) in [6.45, 7) is 5.37. The molecular weight excluding hydrogens is 186 g/mol. The van der Waals surface area contributed by atoms with Gasteiger partial charge >= 0.3 is 0 Å². The summed E-state index contributed by atoms with van der Waals surface area (Å²) in [6.07, 6.45) is 8.59. The zero-order valence-electron chi connectivity index (χ0n) is 10.4. The number of hydrogen-bond donors (Lipinski definition) is 1. The Bertz CT molecular complexity index is 149. The molecule has 0 spiro atoms. The summed E-state index contributed by atoms with van der Waals surface area (Å²) in [4.78, 5) is 0. The molecule has 1 aliphatic carbocycles. The maximum atomic E-state index is 5.03. The molecule has 0 heterocycles. The van der Waals surface area contributed by atoms with E-state index in [1.54, 1.807) is 7.11 Å². The number of nitrogens with one attached hydrogen (secondary N) is 1. The van der Waals surface area contributed by atoms with E-state index in [1.807, 2.05) is 0 Å². The van der Waals surface area contributed by atoms with Crippen LogP contribution in [0.2, 0.25) is 0 Å². The minimum Gasteiger partial charge on any atom is -0.383 e. The van der Waals surface area contributed by atoms with Gasteiger partial charge in [0.2, 0.25) is 0 Å². The van der Waals surface area contributed by atoms with Gasteiger partial charge < -0.3 is 10.1 Å². The highest BCUT2D eigenvalue weighted by Crippen LogP contribution is 2.28. The van der Waals surface area contributed by atoms with Gasteiger partial charge in [0, 0.05) is 13.7 Å². The SMILES string of the molecule is CCC1CCCC(CNCCOC)CC1. The van der Waals surface area contributed by atoms with Gasteiger partial charge in [0.15, 0.2) is 0 Å². The van der Waals surface area contributed by atoms with Crippen LogP contribution in [0.3, 0.4) is 0 Å². The van der Waals surface area contributed by atoms with Crippen molar-refractivity contribution in [3.63, 3.8) is 0 Å². The Labute approximate surface area is 94.8 Å². The van der Waals surface area contributed by atoms with Crippen LogP contribution >= 0.6 is 0 Å². The second kappa shape index (κ2) is 8.12. The van der Waals surface area contributed by atoms with E-state index in [0.29, 0.717) is 0 Å². The monoisotopic (exact) mass is 213 g/mol. The lowest BCUT2D eigenvalue weighted by Gasteiger charge is -2.15. The van der Waals surface area contributed by atoms with Crippen LogP contribution in [0.25, 0.3) is 0 Å². The van der Waals surface area contributed by atoms with Crippen LogP contribution in [0, 0.1) is 11.8 Å². The minimum absolute atomic E-state index is 0.838. The van der Waals surface area contributed by atoms with Crippen molar-refractivity contribution in [2.24, 2.45) is 11.8 Å². The number of methoxy groups -OCH3 is 1. The second-order valence-corrected chi connectivity index (χ2v) is 4.85. The molecule has 15 heavy (non-hydrogen) atoms. The molecule has 1 fully saturated rings. The first kappa shape index (κ1) is 13.0. The largest absolute Gasteiger partial charge is 0.383 e. The lowest BCUT2D eigenvalue weighted by atomic mass is 9.96.